The van der Waals surface area contributed by atoms with Gasteiger partial charge in [0.1, 0.15) is 0 Å². The SMILES string of the molecule is Cc1ccc(-c2nc(SCC(=O)N3CCN(c4cccc(C)c4C)CC3)n[nH]2)cc1. The number of piperazine rings is 1. The Bertz CT molecular complexity index is 1020. The van der Waals surface area contributed by atoms with Crippen LogP contribution in [0, 0.1) is 20.8 Å². The Balaban J connectivity index is 1.29. The quantitative estimate of drug-likeness (QED) is 0.634. The summed E-state index contributed by atoms with van der Waals surface area (Å²) in [5, 5.41) is 7.82. The molecule has 30 heavy (non-hydrogen) atoms. The lowest BCUT2D eigenvalue weighted by atomic mass is 10.1. The van der Waals surface area contributed by atoms with Crippen molar-refractivity contribution in [3.8, 4) is 11.4 Å². The molecule has 1 N–H and O–H groups in total. The van der Waals surface area contributed by atoms with Crippen molar-refractivity contribution in [3.63, 3.8) is 0 Å². The number of rotatable bonds is 5. The smallest absolute Gasteiger partial charge is 0.233 e. The summed E-state index contributed by atoms with van der Waals surface area (Å²) in [5.41, 5.74) is 6.10. The number of nitrogens with one attached hydrogen (secondary N) is 1. The van der Waals surface area contributed by atoms with E-state index in [-0.39, 0.29) is 5.91 Å². The van der Waals surface area contributed by atoms with Crippen LogP contribution in [-0.4, -0.2) is 57.9 Å². The monoisotopic (exact) mass is 421 g/mol. The van der Waals surface area contributed by atoms with Crippen LogP contribution in [0.3, 0.4) is 0 Å². The number of anilines is 1. The molecule has 2 heterocycles. The largest absolute Gasteiger partial charge is 0.368 e. The third-order valence-electron chi connectivity index (χ3n) is 5.66. The average molecular weight is 422 g/mol. The number of thioether (sulfide) groups is 1. The third-order valence-corrected chi connectivity index (χ3v) is 6.50. The molecule has 0 radical (unpaired) electrons. The highest BCUT2D eigenvalue weighted by Gasteiger charge is 2.22. The molecule has 1 aliphatic heterocycles. The summed E-state index contributed by atoms with van der Waals surface area (Å²) in [5.74, 6) is 1.23. The molecule has 1 saturated heterocycles. The number of H-pyrrole nitrogens is 1. The maximum Gasteiger partial charge on any atom is 0.233 e. The first-order chi connectivity index (χ1) is 14.5. The van der Waals surface area contributed by atoms with Crippen LogP contribution >= 0.6 is 11.8 Å². The fourth-order valence-corrected chi connectivity index (χ4v) is 4.35. The maximum atomic E-state index is 12.7. The van der Waals surface area contributed by atoms with Gasteiger partial charge in [0.2, 0.25) is 11.1 Å². The van der Waals surface area contributed by atoms with Crippen molar-refractivity contribution >= 4 is 23.4 Å². The zero-order valence-electron chi connectivity index (χ0n) is 17.7. The highest BCUT2D eigenvalue weighted by atomic mass is 32.2. The van der Waals surface area contributed by atoms with Crippen LogP contribution in [0.4, 0.5) is 5.69 Å². The van der Waals surface area contributed by atoms with E-state index in [0.29, 0.717) is 10.9 Å². The topological polar surface area (TPSA) is 65.1 Å². The van der Waals surface area contributed by atoms with E-state index in [9.17, 15) is 4.79 Å². The standard InChI is InChI=1S/C23H27N5OS/c1-16-7-9-19(10-8-16)22-24-23(26-25-22)30-15-21(29)28-13-11-27(12-14-28)20-6-4-5-17(2)18(20)3/h4-10H,11-15H2,1-3H3,(H,24,25,26). The van der Waals surface area contributed by atoms with E-state index >= 15 is 0 Å². The minimum atomic E-state index is 0.141. The number of hydrogen-bond donors (Lipinski definition) is 1. The van der Waals surface area contributed by atoms with Gasteiger partial charge in [0.25, 0.3) is 0 Å². The first-order valence-corrected chi connectivity index (χ1v) is 11.2. The summed E-state index contributed by atoms with van der Waals surface area (Å²) in [7, 11) is 0. The average Bonchev–Trinajstić information content (AvgIpc) is 3.24. The molecule has 1 amide bonds. The highest BCUT2D eigenvalue weighted by Crippen LogP contribution is 2.24. The second-order valence-electron chi connectivity index (χ2n) is 7.71. The van der Waals surface area contributed by atoms with Crippen molar-refractivity contribution in [2.45, 2.75) is 25.9 Å². The molecule has 1 fully saturated rings. The number of benzene rings is 2. The van der Waals surface area contributed by atoms with Gasteiger partial charge in [-0.1, -0.05) is 53.7 Å². The zero-order valence-corrected chi connectivity index (χ0v) is 18.5. The normalized spacial score (nSPS) is 14.2. The summed E-state index contributed by atoms with van der Waals surface area (Å²) in [6, 6.07) is 14.6. The molecule has 0 spiro atoms. The van der Waals surface area contributed by atoms with Gasteiger partial charge in [0.15, 0.2) is 5.82 Å². The van der Waals surface area contributed by atoms with Crippen LogP contribution in [0.5, 0.6) is 0 Å². The molecular weight excluding hydrogens is 394 g/mol. The van der Waals surface area contributed by atoms with Gasteiger partial charge in [-0.15, -0.1) is 5.10 Å². The van der Waals surface area contributed by atoms with E-state index in [1.807, 2.05) is 29.2 Å². The number of hydrogen-bond acceptors (Lipinski definition) is 5. The Morgan fingerprint density at radius 2 is 1.77 bits per heavy atom. The van der Waals surface area contributed by atoms with Crippen molar-refractivity contribution in [2.24, 2.45) is 0 Å². The molecule has 3 aromatic rings. The number of aromatic amines is 1. The second-order valence-corrected chi connectivity index (χ2v) is 8.65. The van der Waals surface area contributed by atoms with Crippen LogP contribution in [0.25, 0.3) is 11.4 Å². The predicted molar refractivity (Wildman–Crippen MR) is 122 cm³/mol. The van der Waals surface area contributed by atoms with E-state index in [4.69, 9.17) is 0 Å². The van der Waals surface area contributed by atoms with Crippen molar-refractivity contribution < 1.29 is 4.79 Å². The van der Waals surface area contributed by atoms with Crippen molar-refractivity contribution in [1.29, 1.82) is 0 Å². The molecule has 156 valence electrons. The maximum absolute atomic E-state index is 12.7. The molecule has 0 unspecified atom stereocenters. The van der Waals surface area contributed by atoms with E-state index < -0.39 is 0 Å². The fourth-order valence-electron chi connectivity index (χ4n) is 3.64. The molecule has 1 aliphatic rings. The Morgan fingerprint density at radius 1 is 1.03 bits per heavy atom. The Kier molecular flexibility index (Phi) is 6.08. The van der Waals surface area contributed by atoms with E-state index in [0.717, 1.165) is 37.6 Å². The Labute approximate surface area is 181 Å². The lowest BCUT2D eigenvalue weighted by molar-refractivity contribution is -0.128. The fraction of sp³-hybridized carbons (Fsp3) is 0.348. The van der Waals surface area contributed by atoms with E-state index in [1.54, 1.807) is 0 Å². The second kappa shape index (κ2) is 8.92. The molecule has 0 atom stereocenters. The molecule has 1 aromatic heterocycles. The first kappa shape index (κ1) is 20.5. The molecule has 0 aliphatic carbocycles. The lowest BCUT2D eigenvalue weighted by Gasteiger charge is -2.37. The van der Waals surface area contributed by atoms with Gasteiger partial charge in [-0.05, 0) is 38.0 Å². The first-order valence-electron chi connectivity index (χ1n) is 10.2. The van der Waals surface area contributed by atoms with E-state index in [1.165, 1.54) is 34.1 Å². The van der Waals surface area contributed by atoms with Crippen LogP contribution < -0.4 is 4.90 Å². The van der Waals surface area contributed by atoms with Gasteiger partial charge in [0, 0.05) is 37.4 Å². The zero-order chi connectivity index (χ0) is 21.1. The number of aromatic nitrogens is 3. The number of amides is 1. The molecular formula is C23H27N5OS. The van der Waals surface area contributed by atoms with Gasteiger partial charge < -0.3 is 9.80 Å². The summed E-state index contributed by atoms with van der Waals surface area (Å²) in [6.45, 7) is 9.57. The summed E-state index contributed by atoms with van der Waals surface area (Å²) in [4.78, 5) is 21.5. The third kappa shape index (κ3) is 4.51. The molecule has 7 heteroatoms. The summed E-state index contributed by atoms with van der Waals surface area (Å²) < 4.78 is 0. The number of carbonyl (C=O) groups is 1. The van der Waals surface area contributed by atoms with E-state index in [2.05, 4.69) is 59.1 Å². The number of nitrogens with zero attached hydrogens (tertiary/aromatic N) is 4. The van der Waals surface area contributed by atoms with Crippen LogP contribution in [0.2, 0.25) is 0 Å². The molecule has 0 bridgehead atoms. The van der Waals surface area contributed by atoms with Crippen LogP contribution in [0.1, 0.15) is 16.7 Å². The minimum Gasteiger partial charge on any atom is -0.368 e. The molecule has 2 aromatic carbocycles. The summed E-state index contributed by atoms with van der Waals surface area (Å²) >= 11 is 1.38. The van der Waals surface area contributed by atoms with Crippen molar-refractivity contribution in [2.75, 3.05) is 36.8 Å². The van der Waals surface area contributed by atoms with Gasteiger partial charge >= 0.3 is 0 Å². The van der Waals surface area contributed by atoms with Crippen molar-refractivity contribution in [1.82, 2.24) is 20.1 Å². The van der Waals surface area contributed by atoms with Gasteiger partial charge in [-0.25, -0.2) is 4.98 Å². The van der Waals surface area contributed by atoms with Gasteiger partial charge in [-0.2, -0.15) is 0 Å². The van der Waals surface area contributed by atoms with Crippen LogP contribution in [0.15, 0.2) is 47.6 Å². The molecule has 4 rings (SSSR count). The van der Waals surface area contributed by atoms with Crippen molar-refractivity contribution in [3.05, 3.63) is 59.2 Å². The number of aryl methyl sites for hydroxylation is 2. The lowest BCUT2D eigenvalue weighted by Crippen LogP contribution is -2.49. The summed E-state index contributed by atoms with van der Waals surface area (Å²) in [6.07, 6.45) is 0. The minimum absolute atomic E-state index is 0.141. The van der Waals surface area contributed by atoms with Gasteiger partial charge in [0.05, 0.1) is 5.75 Å². The van der Waals surface area contributed by atoms with Gasteiger partial charge in [-0.3, -0.25) is 9.89 Å². The highest BCUT2D eigenvalue weighted by molar-refractivity contribution is 7.99. The van der Waals surface area contributed by atoms with Crippen LogP contribution in [-0.2, 0) is 4.79 Å². The predicted octanol–water partition coefficient (Wildman–Crippen LogP) is 3.84. The Hall–Kier alpha value is -2.80. The Morgan fingerprint density at radius 3 is 2.50 bits per heavy atom. The number of carbonyl (C=O) groups excluding carboxylic acids is 1. The molecule has 6 nitrogen and oxygen atoms in total. The molecule has 0 saturated carbocycles.